The Morgan fingerprint density at radius 3 is 2.43 bits per heavy atom. The summed E-state index contributed by atoms with van der Waals surface area (Å²) in [5, 5.41) is 35.5. The van der Waals surface area contributed by atoms with Crippen LogP contribution in [0.15, 0.2) is 0 Å². The number of hydrogen-bond donors (Lipinski definition) is 4. The average Bonchev–Trinajstić information content (AvgIpc) is 2.11. The van der Waals surface area contributed by atoms with Gasteiger partial charge < -0.3 is 20.4 Å². The number of hydrogen-bond acceptors (Lipinski definition) is 5. The first kappa shape index (κ1) is 11.0. The minimum Gasteiger partial charge on any atom is -0.479 e. The van der Waals surface area contributed by atoms with E-state index in [-0.39, 0.29) is 0 Å². The summed E-state index contributed by atoms with van der Waals surface area (Å²) in [6.45, 7) is 0. The third-order valence-electron chi connectivity index (χ3n) is 2.22. The Morgan fingerprint density at radius 2 is 2.00 bits per heavy atom. The Morgan fingerprint density at radius 1 is 1.50 bits per heavy atom. The Hall–Kier alpha value is -1.05. The van der Waals surface area contributed by atoms with Gasteiger partial charge in [-0.1, -0.05) is 0 Å². The van der Waals surface area contributed by atoms with Crippen molar-refractivity contribution in [2.75, 3.05) is 0 Å². The number of aliphatic hydroxyl groups excluding tert-OH is 2. The van der Waals surface area contributed by atoms with E-state index in [1.54, 1.807) is 0 Å². The number of carbonyl (C=O) groups is 2. The summed E-state index contributed by atoms with van der Waals surface area (Å²) in [5.41, 5.74) is -2.95. The molecule has 1 fully saturated rings. The van der Waals surface area contributed by atoms with Crippen LogP contribution in [0.4, 0.5) is 4.39 Å². The van der Waals surface area contributed by atoms with Gasteiger partial charge in [-0.2, -0.15) is 0 Å². The molecule has 80 valence electrons. The molecule has 0 bridgehead atoms. The molecule has 1 aliphatic rings. The zero-order valence-electron chi connectivity index (χ0n) is 6.92. The Labute approximate surface area is 77.6 Å². The van der Waals surface area contributed by atoms with E-state index in [4.69, 9.17) is 15.3 Å². The van der Waals surface area contributed by atoms with Gasteiger partial charge in [0.25, 0.3) is 0 Å². The summed E-state index contributed by atoms with van der Waals surface area (Å²) in [7, 11) is 0. The van der Waals surface area contributed by atoms with Crippen LogP contribution in [0.3, 0.4) is 0 Å². The smallest absolute Gasteiger partial charge is 0.339 e. The van der Waals surface area contributed by atoms with Crippen molar-refractivity contribution in [3.8, 4) is 0 Å². The number of aliphatic hydroxyl groups is 3. The highest BCUT2D eigenvalue weighted by Gasteiger charge is 2.57. The van der Waals surface area contributed by atoms with Crippen molar-refractivity contribution in [1.29, 1.82) is 0 Å². The summed E-state index contributed by atoms with van der Waals surface area (Å²) in [6, 6.07) is 0. The van der Waals surface area contributed by atoms with Crippen LogP contribution >= 0.6 is 0 Å². The van der Waals surface area contributed by atoms with Gasteiger partial charge in [-0.05, 0) is 0 Å². The molecule has 1 saturated carbocycles. The fourth-order valence-electron chi connectivity index (χ4n) is 1.30. The summed E-state index contributed by atoms with van der Waals surface area (Å²) >= 11 is 0. The summed E-state index contributed by atoms with van der Waals surface area (Å²) in [5.74, 6) is -3.46. The number of carbonyl (C=O) groups excluding carboxylic acids is 1. The number of aliphatic carboxylic acids is 1. The van der Waals surface area contributed by atoms with Gasteiger partial charge in [-0.3, -0.25) is 4.79 Å². The van der Waals surface area contributed by atoms with Gasteiger partial charge in [-0.15, -0.1) is 0 Å². The molecule has 0 saturated heterocycles. The lowest BCUT2D eigenvalue weighted by atomic mass is 9.79. The van der Waals surface area contributed by atoms with Gasteiger partial charge in [0.05, 0.1) is 6.10 Å². The number of Topliss-reactive ketones (excluding diaryl/α,β-unsaturated/α-hetero) is 1. The van der Waals surface area contributed by atoms with Crippen LogP contribution in [0, 0.1) is 0 Å². The molecule has 0 spiro atoms. The maximum Gasteiger partial charge on any atom is 0.339 e. The van der Waals surface area contributed by atoms with E-state index in [1.165, 1.54) is 0 Å². The van der Waals surface area contributed by atoms with Crippen LogP contribution in [-0.2, 0) is 9.59 Å². The predicted octanol–water partition coefficient (Wildman–Crippen LogP) is -2.17. The van der Waals surface area contributed by atoms with E-state index in [0.717, 1.165) is 0 Å². The third-order valence-corrected chi connectivity index (χ3v) is 2.22. The van der Waals surface area contributed by atoms with Crippen LogP contribution in [-0.4, -0.2) is 56.2 Å². The Bertz CT molecular complexity index is 279. The fraction of sp³-hybridized carbons (Fsp3) is 0.714. The van der Waals surface area contributed by atoms with Crippen molar-refractivity contribution in [3.63, 3.8) is 0 Å². The van der Waals surface area contributed by atoms with Crippen LogP contribution in [0.25, 0.3) is 0 Å². The monoisotopic (exact) mass is 208 g/mol. The molecule has 0 amide bonds. The molecule has 6 nitrogen and oxygen atoms in total. The molecular formula is C7H9FO6. The first-order valence-corrected chi connectivity index (χ1v) is 3.80. The van der Waals surface area contributed by atoms with E-state index in [0.29, 0.717) is 0 Å². The molecule has 7 heteroatoms. The van der Waals surface area contributed by atoms with E-state index in [2.05, 4.69) is 0 Å². The number of halogens is 1. The molecule has 0 aromatic heterocycles. The molecule has 14 heavy (non-hydrogen) atoms. The Balaban J connectivity index is 3.02. The van der Waals surface area contributed by atoms with Crippen molar-refractivity contribution in [3.05, 3.63) is 0 Å². The molecule has 4 N–H and O–H groups in total. The lowest BCUT2D eigenvalue weighted by Crippen LogP contribution is -2.62. The van der Waals surface area contributed by atoms with E-state index in [1.807, 2.05) is 0 Å². The average molecular weight is 208 g/mol. The molecule has 0 radical (unpaired) electrons. The lowest BCUT2D eigenvalue weighted by molar-refractivity contribution is -0.189. The second-order valence-corrected chi connectivity index (χ2v) is 3.21. The summed E-state index contributed by atoms with van der Waals surface area (Å²) < 4.78 is 13.0. The van der Waals surface area contributed by atoms with Gasteiger partial charge >= 0.3 is 5.97 Å². The number of ketones is 1. The number of alkyl halides is 1. The van der Waals surface area contributed by atoms with Crippen LogP contribution in [0.2, 0.25) is 0 Å². The largest absolute Gasteiger partial charge is 0.479 e. The lowest BCUT2D eigenvalue weighted by Gasteiger charge is -2.35. The minimum absolute atomic E-state index is 0.920. The number of rotatable bonds is 1. The fourth-order valence-corrected chi connectivity index (χ4v) is 1.30. The number of carboxylic acids is 1. The molecule has 1 rings (SSSR count). The normalized spacial score (nSPS) is 43.7. The molecule has 0 aromatic rings. The van der Waals surface area contributed by atoms with Crippen molar-refractivity contribution in [2.45, 2.75) is 30.4 Å². The van der Waals surface area contributed by atoms with Crippen molar-refractivity contribution >= 4 is 11.8 Å². The van der Waals surface area contributed by atoms with Gasteiger partial charge in [0.15, 0.2) is 0 Å². The van der Waals surface area contributed by atoms with Gasteiger partial charge in [0, 0.05) is 6.42 Å². The van der Waals surface area contributed by atoms with Crippen molar-refractivity contribution < 1.29 is 34.4 Å². The van der Waals surface area contributed by atoms with E-state index < -0.39 is 42.2 Å². The highest BCUT2D eigenvalue weighted by Crippen LogP contribution is 2.29. The molecule has 0 unspecified atom stereocenters. The molecule has 4 atom stereocenters. The van der Waals surface area contributed by atoms with E-state index in [9.17, 15) is 19.1 Å². The van der Waals surface area contributed by atoms with Crippen LogP contribution < -0.4 is 0 Å². The summed E-state index contributed by atoms with van der Waals surface area (Å²) in [4.78, 5) is 21.3. The minimum atomic E-state index is -2.95. The molecule has 1 aliphatic carbocycles. The molecular weight excluding hydrogens is 199 g/mol. The molecule has 0 aliphatic heterocycles. The van der Waals surface area contributed by atoms with Crippen molar-refractivity contribution in [2.24, 2.45) is 0 Å². The standard InChI is InChI=1S/C7H9FO6/c8-5-4(11)3(10)2(9)1-7(5,14)6(12)13/h2-3,5,9-10,14H,1H2,(H,12,13)/t2-,3+,5+,7-/m1/s1. The quantitative estimate of drug-likeness (QED) is 0.390. The highest BCUT2D eigenvalue weighted by molar-refractivity contribution is 5.96. The number of carboxylic acid groups (broad SMARTS) is 1. The molecule has 0 aromatic carbocycles. The van der Waals surface area contributed by atoms with E-state index >= 15 is 0 Å². The Kier molecular flexibility index (Phi) is 2.57. The second-order valence-electron chi connectivity index (χ2n) is 3.21. The topological polar surface area (TPSA) is 115 Å². The van der Waals surface area contributed by atoms with Gasteiger partial charge in [0.1, 0.15) is 6.10 Å². The maximum atomic E-state index is 13.0. The molecule has 0 heterocycles. The SMILES string of the molecule is O=C1[C@@H](O)[C@H](O)C[C@](O)(C(=O)O)[C@H]1F. The maximum absolute atomic E-state index is 13.0. The van der Waals surface area contributed by atoms with Crippen LogP contribution in [0.1, 0.15) is 6.42 Å². The van der Waals surface area contributed by atoms with Crippen LogP contribution in [0.5, 0.6) is 0 Å². The zero-order chi connectivity index (χ0) is 11.1. The predicted molar refractivity (Wildman–Crippen MR) is 39.1 cm³/mol. The highest BCUT2D eigenvalue weighted by atomic mass is 19.1. The second kappa shape index (κ2) is 3.26. The van der Waals surface area contributed by atoms with Gasteiger partial charge in [-0.25, -0.2) is 9.18 Å². The van der Waals surface area contributed by atoms with Gasteiger partial charge in [0.2, 0.25) is 17.6 Å². The zero-order valence-corrected chi connectivity index (χ0v) is 6.92. The first-order valence-electron chi connectivity index (χ1n) is 3.80. The first-order chi connectivity index (χ1) is 6.30. The summed E-state index contributed by atoms with van der Waals surface area (Å²) in [6.07, 6.45) is -7.39. The third kappa shape index (κ3) is 1.39. The van der Waals surface area contributed by atoms with Crippen molar-refractivity contribution in [1.82, 2.24) is 0 Å².